The molecule has 0 saturated carbocycles. The summed E-state index contributed by atoms with van der Waals surface area (Å²) in [5, 5.41) is 3.92. The number of rotatable bonds is 3. The molecule has 8 heteroatoms. The summed E-state index contributed by atoms with van der Waals surface area (Å²) in [6, 6.07) is 12.6. The Bertz CT molecular complexity index is 1130. The van der Waals surface area contributed by atoms with Crippen molar-refractivity contribution in [1.29, 1.82) is 0 Å². The molecule has 1 aliphatic rings. The molecule has 5 nitrogen and oxygen atoms in total. The van der Waals surface area contributed by atoms with Gasteiger partial charge in [0.25, 0.3) is 5.91 Å². The normalized spacial score (nSPS) is 14.7. The third-order valence-electron chi connectivity index (χ3n) is 6.03. The maximum atomic E-state index is 14.0. The molecule has 0 unspecified atom stereocenters. The molecule has 0 aliphatic carbocycles. The first-order valence-corrected chi connectivity index (χ1v) is 10.5. The molecule has 1 amide bonds. The number of anilines is 1. The fourth-order valence-corrected chi connectivity index (χ4v) is 4.06. The molecule has 1 fully saturated rings. The monoisotopic (exact) mass is 442 g/mol. The van der Waals surface area contributed by atoms with Crippen molar-refractivity contribution in [1.82, 2.24) is 14.7 Å². The molecule has 0 bridgehead atoms. The SMILES string of the molecule is Cc1ccc(-n2ncc(C(=O)N3CCN(c4cccc(C)c4C)CC3)c2C(F)(F)F)cc1. The molecule has 4 rings (SSSR count). The minimum atomic E-state index is -4.72. The lowest BCUT2D eigenvalue weighted by Crippen LogP contribution is -2.49. The molecule has 2 aromatic carbocycles. The zero-order chi connectivity index (χ0) is 23.0. The number of amides is 1. The fraction of sp³-hybridized carbons (Fsp3) is 0.333. The number of nitrogens with zero attached hydrogens (tertiary/aromatic N) is 4. The van der Waals surface area contributed by atoms with Crippen LogP contribution in [0.2, 0.25) is 0 Å². The van der Waals surface area contributed by atoms with Gasteiger partial charge in [0.15, 0.2) is 5.69 Å². The molecule has 0 spiro atoms. The third kappa shape index (κ3) is 4.09. The largest absolute Gasteiger partial charge is 0.434 e. The first-order chi connectivity index (χ1) is 15.2. The van der Waals surface area contributed by atoms with E-state index in [2.05, 4.69) is 16.9 Å². The van der Waals surface area contributed by atoms with Gasteiger partial charge in [-0.3, -0.25) is 4.79 Å². The van der Waals surface area contributed by atoms with Crippen molar-refractivity contribution in [2.45, 2.75) is 26.9 Å². The fourth-order valence-electron chi connectivity index (χ4n) is 4.06. The van der Waals surface area contributed by atoms with Gasteiger partial charge in [0.2, 0.25) is 0 Å². The highest BCUT2D eigenvalue weighted by atomic mass is 19.4. The van der Waals surface area contributed by atoms with Gasteiger partial charge in [-0.15, -0.1) is 0 Å². The molecule has 1 saturated heterocycles. The van der Waals surface area contributed by atoms with Crippen LogP contribution in [-0.2, 0) is 6.18 Å². The second-order valence-corrected chi connectivity index (χ2v) is 8.15. The van der Waals surface area contributed by atoms with Crippen LogP contribution >= 0.6 is 0 Å². The van der Waals surface area contributed by atoms with Gasteiger partial charge in [0.05, 0.1) is 17.4 Å². The summed E-state index contributed by atoms with van der Waals surface area (Å²) in [7, 11) is 0. The number of hydrogen-bond donors (Lipinski definition) is 0. The first-order valence-electron chi connectivity index (χ1n) is 10.5. The van der Waals surface area contributed by atoms with Crippen molar-refractivity contribution in [3.63, 3.8) is 0 Å². The van der Waals surface area contributed by atoms with Crippen molar-refractivity contribution in [3.05, 3.63) is 76.6 Å². The lowest BCUT2D eigenvalue weighted by atomic mass is 10.1. The van der Waals surface area contributed by atoms with Crippen LogP contribution < -0.4 is 4.90 Å². The molecule has 3 aromatic rings. The highest BCUT2D eigenvalue weighted by Gasteiger charge is 2.41. The summed E-state index contributed by atoms with van der Waals surface area (Å²) < 4.78 is 42.7. The smallest absolute Gasteiger partial charge is 0.368 e. The van der Waals surface area contributed by atoms with E-state index in [4.69, 9.17) is 0 Å². The van der Waals surface area contributed by atoms with E-state index >= 15 is 0 Å². The predicted octanol–water partition coefficient (Wildman–Crippen LogP) is 4.78. The molecule has 0 atom stereocenters. The van der Waals surface area contributed by atoms with E-state index in [1.54, 1.807) is 24.3 Å². The van der Waals surface area contributed by atoms with Crippen LogP contribution in [0.3, 0.4) is 0 Å². The molecular formula is C24H25F3N4O. The van der Waals surface area contributed by atoms with Crippen LogP contribution in [0.5, 0.6) is 0 Å². The molecule has 32 heavy (non-hydrogen) atoms. The number of aryl methyl sites for hydroxylation is 2. The summed E-state index contributed by atoms with van der Waals surface area (Å²) in [6.07, 6.45) is -3.69. The van der Waals surface area contributed by atoms with Gasteiger partial charge in [0, 0.05) is 31.9 Å². The van der Waals surface area contributed by atoms with E-state index in [9.17, 15) is 18.0 Å². The van der Waals surface area contributed by atoms with Gasteiger partial charge >= 0.3 is 6.18 Å². The maximum absolute atomic E-state index is 14.0. The molecular weight excluding hydrogens is 417 g/mol. The van der Waals surface area contributed by atoms with Crippen LogP contribution in [0.1, 0.15) is 32.7 Å². The Morgan fingerprint density at radius 2 is 1.59 bits per heavy atom. The van der Waals surface area contributed by atoms with Crippen LogP contribution in [-0.4, -0.2) is 46.8 Å². The van der Waals surface area contributed by atoms with Crippen molar-refractivity contribution in [3.8, 4) is 5.69 Å². The van der Waals surface area contributed by atoms with E-state index < -0.39 is 23.3 Å². The number of halogens is 3. The Morgan fingerprint density at radius 1 is 0.938 bits per heavy atom. The second-order valence-electron chi connectivity index (χ2n) is 8.15. The number of piperazine rings is 1. The average Bonchev–Trinajstić information content (AvgIpc) is 3.22. The predicted molar refractivity (Wildman–Crippen MR) is 117 cm³/mol. The summed E-state index contributed by atoms with van der Waals surface area (Å²) in [4.78, 5) is 16.7. The van der Waals surface area contributed by atoms with Crippen molar-refractivity contribution < 1.29 is 18.0 Å². The van der Waals surface area contributed by atoms with E-state index in [0.717, 1.165) is 22.1 Å². The van der Waals surface area contributed by atoms with E-state index in [0.29, 0.717) is 26.2 Å². The highest BCUT2D eigenvalue weighted by molar-refractivity contribution is 5.95. The second kappa shape index (κ2) is 8.33. The Labute approximate surface area is 185 Å². The summed E-state index contributed by atoms with van der Waals surface area (Å²) >= 11 is 0. The highest BCUT2D eigenvalue weighted by Crippen LogP contribution is 2.34. The Kier molecular flexibility index (Phi) is 5.71. The van der Waals surface area contributed by atoms with Gasteiger partial charge in [-0.05, 0) is 50.1 Å². The number of alkyl halides is 3. The zero-order valence-corrected chi connectivity index (χ0v) is 18.3. The quantitative estimate of drug-likeness (QED) is 0.586. The average molecular weight is 442 g/mol. The number of aromatic nitrogens is 2. The Morgan fingerprint density at radius 3 is 2.22 bits per heavy atom. The van der Waals surface area contributed by atoms with Gasteiger partial charge in [-0.25, -0.2) is 4.68 Å². The molecule has 2 heterocycles. The maximum Gasteiger partial charge on any atom is 0.434 e. The van der Waals surface area contributed by atoms with Crippen molar-refractivity contribution >= 4 is 11.6 Å². The van der Waals surface area contributed by atoms with E-state index in [1.807, 2.05) is 32.0 Å². The first kappa shape index (κ1) is 21.9. The van der Waals surface area contributed by atoms with Crippen molar-refractivity contribution in [2.75, 3.05) is 31.1 Å². The number of benzene rings is 2. The molecule has 168 valence electrons. The van der Waals surface area contributed by atoms with Gasteiger partial charge in [-0.2, -0.15) is 18.3 Å². The minimum absolute atomic E-state index is 0.265. The molecule has 1 aromatic heterocycles. The van der Waals surface area contributed by atoms with Crippen molar-refractivity contribution in [2.24, 2.45) is 0 Å². The van der Waals surface area contributed by atoms with Gasteiger partial charge in [-0.1, -0.05) is 29.8 Å². The standard InChI is InChI=1S/C24H25F3N4O/c1-16-7-9-19(10-8-16)31-22(24(25,26)27)20(15-28-31)23(32)30-13-11-29(12-14-30)21-6-4-5-17(2)18(21)3/h4-10,15H,11-14H2,1-3H3. The van der Waals surface area contributed by atoms with Crippen LogP contribution in [0.25, 0.3) is 5.69 Å². The molecule has 0 radical (unpaired) electrons. The Balaban J connectivity index is 1.58. The van der Waals surface area contributed by atoms with Gasteiger partial charge in [0.1, 0.15) is 0 Å². The van der Waals surface area contributed by atoms with Crippen LogP contribution in [0.4, 0.5) is 18.9 Å². The van der Waals surface area contributed by atoms with Crippen LogP contribution in [0, 0.1) is 20.8 Å². The van der Waals surface area contributed by atoms with Gasteiger partial charge < -0.3 is 9.80 Å². The summed E-state index contributed by atoms with van der Waals surface area (Å²) in [5.74, 6) is -0.642. The minimum Gasteiger partial charge on any atom is -0.368 e. The van der Waals surface area contributed by atoms with E-state index in [-0.39, 0.29) is 5.69 Å². The third-order valence-corrected chi connectivity index (χ3v) is 6.03. The van der Waals surface area contributed by atoms with E-state index in [1.165, 1.54) is 16.0 Å². The molecule has 1 aliphatic heterocycles. The lowest BCUT2D eigenvalue weighted by molar-refractivity contribution is -0.143. The topological polar surface area (TPSA) is 41.4 Å². The lowest BCUT2D eigenvalue weighted by Gasteiger charge is -2.37. The zero-order valence-electron chi connectivity index (χ0n) is 18.3. The Hall–Kier alpha value is -3.29. The number of carbonyl (C=O) groups is 1. The molecule has 0 N–H and O–H groups in total. The number of carbonyl (C=O) groups excluding carboxylic acids is 1. The summed E-state index contributed by atoms with van der Waals surface area (Å²) in [5.41, 5.74) is 3.18. The summed E-state index contributed by atoms with van der Waals surface area (Å²) in [6.45, 7) is 7.76. The van der Waals surface area contributed by atoms with Crippen LogP contribution in [0.15, 0.2) is 48.7 Å². The number of hydrogen-bond acceptors (Lipinski definition) is 3.